The molecule has 0 bridgehead atoms. The normalized spacial score (nSPS) is 19.0. The first-order valence-electron chi connectivity index (χ1n) is 12.2. The van der Waals surface area contributed by atoms with Gasteiger partial charge in [0.05, 0.1) is 17.5 Å². The van der Waals surface area contributed by atoms with Gasteiger partial charge in [0.25, 0.3) is 5.91 Å². The van der Waals surface area contributed by atoms with Gasteiger partial charge >= 0.3 is 0 Å². The smallest absolute Gasteiger partial charge is 0.260 e. The van der Waals surface area contributed by atoms with E-state index in [0.717, 1.165) is 17.4 Å². The van der Waals surface area contributed by atoms with Crippen LogP contribution < -0.4 is 5.73 Å². The Morgan fingerprint density at radius 3 is 2.50 bits per heavy atom. The van der Waals surface area contributed by atoms with Gasteiger partial charge in [0.2, 0.25) is 5.95 Å². The van der Waals surface area contributed by atoms with E-state index in [1.807, 2.05) is 4.57 Å². The fourth-order valence-corrected chi connectivity index (χ4v) is 5.34. The van der Waals surface area contributed by atoms with E-state index in [2.05, 4.69) is 19.9 Å². The van der Waals surface area contributed by atoms with Crippen molar-refractivity contribution in [2.75, 3.05) is 31.9 Å². The van der Waals surface area contributed by atoms with E-state index in [1.165, 1.54) is 12.1 Å². The Bertz CT molecular complexity index is 1250. The molecule has 2 aliphatic heterocycles. The predicted molar refractivity (Wildman–Crippen MR) is 129 cm³/mol. The number of aromatic nitrogens is 4. The molecule has 2 saturated heterocycles. The lowest BCUT2D eigenvalue weighted by Gasteiger charge is -2.40. The van der Waals surface area contributed by atoms with Crippen molar-refractivity contribution in [2.24, 2.45) is 0 Å². The van der Waals surface area contributed by atoms with Crippen molar-refractivity contribution >= 4 is 29.2 Å². The molecule has 5 rings (SSSR count). The molecule has 1 amide bonds. The number of halogens is 2. The molecule has 2 N–H and O–H groups in total. The second-order valence-electron chi connectivity index (χ2n) is 9.62. The minimum atomic E-state index is -1.87. The van der Waals surface area contributed by atoms with Crippen LogP contribution in [0, 0.1) is 5.82 Å². The summed E-state index contributed by atoms with van der Waals surface area (Å²) in [6.45, 7) is 2.36. The summed E-state index contributed by atoms with van der Waals surface area (Å²) in [7, 11) is 0. The minimum absolute atomic E-state index is 0.000928. The maximum Gasteiger partial charge on any atom is 0.260 e. The Hall–Kier alpha value is -3.47. The molecule has 0 radical (unpaired) electrons. The Morgan fingerprint density at radius 2 is 1.83 bits per heavy atom. The molecule has 4 heterocycles. The molecule has 0 spiro atoms. The highest BCUT2D eigenvalue weighted by atomic mass is 19.1. The minimum Gasteiger partial charge on any atom is -0.368 e. The predicted octanol–water partition coefficient (Wildman–Crippen LogP) is 2.46. The van der Waals surface area contributed by atoms with E-state index in [-0.39, 0.29) is 37.1 Å². The molecule has 2 aliphatic rings. The first-order chi connectivity index (χ1) is 17.4. The summed E-state index contributed by atoms with van der Waals surface area (Å²) in [6.07, 6.45) is 5.74. The Labute approximate surface area is 207 Å². The lowest BCUT2D eigenvalue weighted by atomic mass is 9.90. The Kier molecular flexibility index (Phi) is 6.65. The molecule has 190 valence electrons. The van der Waals surface area contributed by atoms with Gasteiger partial charge in [0.15, 0.2) is 5.67 Å². The topological polar surface area (TPSA) is 110 Å². The highest BCUT2D eigenvalue weighted by molar-refractivity contribution is 5.85. The van der Waals surface area contributed by atoms with E-state index in [1.54, 1.807) is 23.4 Å². The highest BCUT2D eigenvalue weighted by Crippen LogP contribution is 2.34. The van der Waals surface area contributed by atoms with Gasteiger partial charge in [0, 0.05) is 75.6 Å². The van der Waals surface area contributed by atoms with Gasteiger partial charge in [-0.1, -0.05) is 0 Å². The second kappa shape index (κ2) is 9.88. The number of likely N-dealkylation sites (tertiary alicyclic amines) is 2. The number of piperidine rings is 2. The number of aldehydes is 1. The first-order valence-corrected chi connectivity index (χ1v) is 12.2. The number of amides is 1. The zero-order valence-corrected chi connectivity index (χ0v) is 19.9. The number of carbonyl (C=O) groups excluding carboxylic acids is 2. The van der Waals surface area contributed by atoms with E-state index in [0.29, 0.717) is 56.9 Å². The fourth-order valence-electron chi connectivity index (χ4n) is 5.34. The monoisotopic (exact) mass is 497 g/mol. The van der Waals surface area contributed by atoms with Gasteiger partial charge in [-0.05, 0) is 25.0 Å². The van der Waals surface area contributed by atoms with Gasteiger partial charge < -0.3 is 20.0 Å². The van der Waals surface area contributed by atoms with Crippen molar-refractivity contribution in [1.82, 2.24) is 29.3 Å². The molecule has 0 atom stereocenters. The van der Waals surface area contributed by atoms with Gasteiger partial charge in [-0.2, -0.15) is 0 Å². The van der Waals surface area contributed by atoms with Crippen LogP contribution in [-0.2, 0) is 22.6 Å². The lowest BCUT2D eigenvalue weighted by molar-refractivity contribution is -0.148. The number of alkyl halides is 1. The van der Waals surface area contributed by atoms with Crippen LogP contribution in [0.15, 0.2) is 30.6 Å². The molecule has 36 heavy (non-hydrogen) atoms. The van der Waals surface area contributed by atoms with Crippen LogP contribution >= 0.6 is 0 Å². The van der Waals surface area contributed by atoms with Crippen LogP contribution in [0.3, 0.4) is 0 Å². The number of carbonyl (C=O) groups is 2. The summed E-state index contributed by atoms with van der Waals surface area (Å²) < 4.78 is 31.4. The average Bonchev–Trinajstić information content (AvgIpc) is 3.23. The zero-order chi connectivity index (χ0) is 25.3. The number of imidazole rings is 1. The van der Waals surface area contributed by atoms with Crippen molar-refractivity contribution in [3.63, 3.8) is 0 Å². The number of nitrogens with two attached hydrogens (primary N) is 1. The number of rotatable bonds is 6. The average molecular weight is 498 g/mol. The number of anilines is 1. The Balaban J connectivity index is 1.21. The molecule has 1 aromatic carbocycles. The van der Waals surface area contributed by atoms with Gasteiger partial charge in [-0.3, -0.25) is 9.69 Å². The highest BCUT2D eigenvalue weighted by Gasteiger charge is 2.45. The maximum atomic E-state index is 15.7. The number of benzene rings is 1. The van der Waals surface area contributed by atoms with Crippen LogP contribution in [0.4, 0.5) is 14.7 Å². The summed E-state index contributed by atoms with van der Waals surface area (Å²) in [5, 5.41) is 0. The van der Waals surface area contributed by atoms with Crippen LogP contribution in [-0.4, -0.2) is 73.4 Å². The number of hydrogen-bond donors (Lipinski definition) is 1. The molecule has 11 heteroatoms. The molecule has 2 aromatic heterocycles. The molecular weight excluding hydrogens is 468 g/mol. The van der Waals surface area contributed by atoms with E-state index < -0.39 is 11.6 Å². The SMILES string of the molecule is Nc1ncc(CN2CCC(F)(C(=O)N3CCC(n4c(CC=O)nc5cc(F)ccc54)CC3)CC2)cn1. The number of nitrogens with zero attached hydrogens (tertiary/aromatic N) is 6. The van der Waals surface area contributed by atoms with E-state index in [4.69, 9.17) is 5.73 Å². The molecule has 2 fully saturated rings. The first kappa shape index (κ1) is 24.2. The van der Waals surface area contributed by atoms with Gasteiger partial charge in [0.1, 0.15) is 17.9 Å². The molecule has 9 nitrogen and oxygen atoms in total. The van der Waals surface area contributed by atoms with E-state index in [9.17, 15) is 14.0 Å². The van der Waals surface area contributed by atoms with Crippen molar-refractivity contribution in [3.05, 3.63) is 47.8 Å². The van der Waals surface area contributed by atoms with Gasteiger partial charge in [-0.15, -0.1) is 0 Å². The fraction of sp³-hybridized carbons (Fsp3) is 0.480. The number of nitrogen functional groups attached to an aromatic ring is 1. The zero-order valence-electron chi connectivity index (χ0n) is 19.9. The van der Waals surface area contributed by atoms with Crippen LogP contribution in [0.5, 0.6) is 0 Å². The van der Waals surface area contributed by atoms with Crippen molar-refractivity contribution in [2.45, 2.75) is 50.4 Å². The van der Waals surface area contributed by atoms with Gasteiger partial charge in [-0.25, -0.2) is 23.7 Å². The number of hydrogen-bond acceptors (Lipinski definition) is 7. The quantitative estimate of drug-likeness (QED) is 0.521. The molecule has 0 unspecified atom stereocenters. The molecule has 3 aromatic rings. The van der Waals surface area contributed by atoms with Crippen molar-refractivity contribution in [1.29, 1.82) is 0 Å². The summed E-state index contributed by atoms with van der Waals surface area (Å²) in [5.41, 5.74) is 5.82. The van der Waals surface area contributed by atoms with Crippen LogP contribution in [0.1, 0.15) is 43.1 Å². The van der Waals surface area contributed by atoms with Crippen LogP contribution in [0.2, 0.25) is 0 Å². The molecular formula is C25H29F2N7O2. The third kappa shape index (κ3) is 4.79. The molecule has 0 aliphatic carbocycles. The largest absolute Gasteiger partial charge is 0.368 e. The maximum absolute atomic E-state index is 15.7. The summed E-state index contributed by atoms with van der Waals surface area (Å²) in [4.78, 5) is 40.5. The summed E-state index contributed by atoms with van der Waals surface area (Å²) >= 11 is 0. The standard InChI is InChI=1S/C25H29F2N7O2/c26-18-1-2-21-20(13-18)31-22(5-12-35)34(21)19-3-8-33(9-4-19)23(36)25(27)6-10-32(11-7-25)16-17-14-29-24(28)30-15-17/h1-2,12-15,19H,3-11,16H2,(H2,28,29,30). The summed E-state index contributed by atoms with van der Waals surface area (Å²) in [6, 6.07) is 4.41. The van der Waals surface area contributed by atoms with Crippen molar-refractivity contribution < 1.29 is 18.4 Å². The lowest BCUT2D eigenvalue weighted by Crippen LogP contribution is -2.54. The van der Waals surface area contributed by atoms with Crippen LogP contribution in [0.25, 0.3) is 11.0 Å². The van der Waals surface area contributed by atoms with E-state index >= 15 is 4.39 Å². The summed E-state index contributed by atoms with van der Waals surface area (Å²) in [5.74, 6) is -0.0331. The second-order valence-corrected chi connectivity index (χ2v) is 9.62. The van der Waals surface area contributed by atoms with Crippen molar-refractivity contribution in [3.8, 4) is 0 Å². The third-order valence-corrected chi connectivity index (χ3v) is 7.27. The number of fused-ring (bicyclic) bond motifs is 1. The molecule has 0 saturated carbocycles. The Morgan fingerprint density at radius 1 is 1.14 bits per heavy atom. The third-order valence-electron chi connectivity index (χ3n) is 7.27.